The number of halogens is 1. The molecule has 4 rings (SSSR count). The summed E-state index contributed by atoms with van der Waals surface area (Å²) < 4.78 is 20.6. The Kier molecular flexibility index (Phi) is 6.28. The zero-order valence-electron chi connectivity index (χ0n) is 19.2. The van der Waals surface area contributed by atoms with Crippen LogP contribution in [0.3, 0.4) is 0 Å². The lowest BCUT2D eigenvalue weighted by Crippen LogP contribution is -2.43. The average Bonchev–Trinajstić information content (AvgIpc) is 2.83. The third kappa shape index (κ3) is 4.45. The first-order valence-electron chi connectivity index (χ1n) is 10.6. The van der Waals surface area contributed by atoms with Crippen LogP contribution in [0.2, 0.25) is 0 Å². The molecule has 1 amide bonds. The zero-order valence-corrected chi connectivity index (χ0v) is 19.2. The Morgan fingerprint density at radius 1 is 1.06 bits per heavy atom. The first kappa shape index (κ1) is 23.6. The van der Waals surface area contributed by atoms with Crippen molar-refractivity contribution in [2.45, 2.75) is 20.4 Å². The molecule has 35 heavy (non-hydrogen) atoms. The summed E-state index contributed by atoms with van der Waals surface area (Å²) in [6.07, 6.45) is 0. The maximum absolute atomic E-state index is 13.9. The van der Waals surface area contributed by atoms with E-state index >= 15 is 0 Å². The Bertz CT molecular complexity index is 1590. The minimum atomic E-state index is -0.879. The van der Waals surface area contributed by atoms with Crippen molar-refractivity contribution in [3.8, 4) is 5.69 Å². The van der Waals surface area contributed by atoms with Crippen molar-refractivity contribution in [2.75, 3.05) is 12.4 Å². The molecule has 0 aliphatic rings. The number of esters is 1. The van der Waals surface area contributed by atoms with Gasteiger partial charge in [-0.15, -0.1) is 0 Å². The molecular formula is C25H21FN4O5. The number of rotatable bonds is 5. The SMILES string of the molecule is COC(=O)c1cc(C)nc2c1c(=O)n(CC(=O)Nc1ccc(C)c(F)c1)c(=O)n2-c1ccccc1. The van der Waals surface area contributed by atoms with Gasteiger partial charge in [0.2, 0.25) is 5.91 Å². The fourth-order valence-corrected chi connectivity index (χ4v) is 3.70. The van der Waals surface area contributed by atoms with Gasteiger partial charge < -0.3 is 10.1 Å². The number of nitrogens with one attached hydrogen (secondary N) is 1. The molecule has 0 fully saturated rings. The van der Waals surface area contributed by atoms with Gasteiger partial charge in [-0.2, -0.15) is 0 Å². The summed E-state index contributed by atoms with van der Waals surface area (Å²) in [4.78, 5) is 56.5. The number of hydrogen-bond donors (Lipinski definition) is 1. The van der Waals surface area contributed by atoms with E-state index in [1.54, 1.807) is 44.2 Å². The maximum Gasteiger partial charge on any atom is 0.338 e. The zero-order chi connectivity index (χ0) is 25.3. The third-order valence-corrected chi connectivity index (χ3v) is 5.40. The van der Waals surface area contributed by atoms with Crippen molar-refractivity contribution < 1.29 is 18.7 Å². The fourth-order valence-electron chi connectivity index (χ4n) is 3.70. The minimum Gasteiger partial charge on any atom is -0.465 e. The number of aromatic nitrogens is 3. The first-order valence-corrected chi connectivity index (χ1v) is 10.6. The lowest BCUT2D eigenvalue weighted by Gasteiger charge is -2.15. The van der Waals surface area contributed by atoms with Gasteiger partial charge in [-0.1, -0.05) is 24.3 Å². The van der Waals surface area contributed by atoms with Crippen LogP contribution in [-0.2, 0) is 16.1 Å². The van der Waals surface area contributed by atoms with E-state index in [1.165, 1.54) is 25.3 Å². The van der Waals surface area contributed by atoms with Crippen molar-refractivity contribution in [3.05, 3.63) is 98.1 Å². The Balaban J connectivity index is 1.93. The monoisotopic (exact) mass is 476 g/mol. The molecule has 178 valence electrons. The number of carbonyl (C=O) groups is 2. The topological polar surface area (TPSA) is 112 Å². The number of carbonyl (C=O) groups excluding carboxylic acids is 2. The van der Waals surface area contributed by atoms with Crippen molar-refractivity contribution in [1.82, 2.24) is 14.1 Å². The number of aryl methyl sites for hydroxylation is 2. The van der Waals surface area contributed by atoms with E-state index in [-0.39, 0.29) is 22.3 Å². The van der Waals surface area contributed by atoms with Crippen LogP contribution in [0.5, 0.6) is 0 Å². The van der Waals surface area contributed by atoms with Gasteiger partial charge in [0.25, 0.3) is 5.56 Å². The number of hydrogen-bond acceptors (Lipinski definition) is 6. The molecule has 0 aliphatic heterocycles. The van der Waals surface area contributed by atoms with Crippen molar-refractivity contribution in [3.63, 3.8) is 0 Å². The van der Waals surface area contributed by atoms with Crippen LogP contribution < -0.4 is 16.6 Å². The Labute approximate surface area is 198 Å². The van der Waals surface area contributed by atoms with Gasteiger partial charge in [-0.25, -0.2) is 28.1 Å². The maximum atomic E-state index is 13.9. The summed E-state index contributed by atoms with van der Waals surface area (Å²) in [6.45, 7) is 2.52. The van der Waals surface area contributed by atoms with Crippen molar-refractivity contribution in [2.24, 2.45) is 0 Å². The fraction of sp³-hybridized carbons (Fsp3) is 0.160. The Hall–Kier alpha value is -4.60. The van der Waals surface area contributed by atoms with E-state index in [0.29, 0.717) is 21.5 Å². The predicted molar refractivity (Wildman–Crippen MR) is 127 cm³/mol. The molecule has 4 aromatic rings. The van der Waals surface area contributed by atoms with Gasteiger partial charge >= 0.3 is 11.7 Å². The van der Waals surface area contributed by atoms with E-state index in [9.17, 15) is 23.6 Å². The van der Waals surface area contributed by atoms with Gasteiger partial charge in [0.1, 0.15) is 12.4 Å². The molecule has 0 bridgehead atoms. The van der Waals surface area contributed by atoms with Crippen LogP contribution in [-0.4, -0.2) is 33.1 Å². The van der Waals surface area contributed by atoms with Crippen molar-refractivity contribution >= 4 is 28.6 Å². The predicted octanol–water partition coefficient (Wildman–Crippen LogP) is 2.73. The molecule has 0 atom stereocenters. The van der Waals surface area contributed by atoms with E-state index in [1.807, 2.05) is 0 Å². The highest BCUT2D eigenvalue weighted by Crippen LogP contribution is 2.18. The quantitative estimate of drug-likeness (QED) is 0.444. The van der Waals surface area contributed by atoms with Crippen LogP contribution in [0.1, 0.15) is 21.6 Å². The Morgan fingerprint density at radius 3 is 2.43 bits per heavy atom. The number of nitrogens with zero attached hydrogens (tertiary/aromatic N) is 3. The standard InChI is InChI=1S/C25H21FN4O5/c1-14-9-10-16(12-19(14)26)28-20(31)13-29-23(32)21-18(24(33)35-3)11-15(2)27-22(21)30(25(29)34)17-7-5-4-6-8-17/h4-12H,13H2,1-3H3,(H,28,31). The lowest BCUT2D eigenvalue weighted by molar-refractivity contribution is -0.116. The molecule has 0 aliphatic carbocycles. The molecule has 0 radical (unpaired) electrons. The van der Waals surface area contributed by atoms with E-state index < -0.39 is 35.5 Å². The molecule has 0 unspecified atom stereocenters. The van der Waals surface area contributed by atoms with E-state index in [2.05, 4.69) is 10.3 Å². The molecule has 0 spiro atoms. The second-order valence-corrected chi connectivity index (χ2v) is 7.86. The Morgan fingerprint density at radius 2 is 1.77 bits per heavy atom. The highest BCUT2D eigenvalue weighted by atomic mass is 19.1. The second-order valence-electron chi connectivity index (χ2n) is 7.86. The normalized spacial score (nSPS) is 10.9. The molecular weight excluding hydrogens is 455 g/mol. The summed E-state index contributed by atoms with van der Waals surface area (Å²) in [5.41, 5.74) is -0.489. The number of pyridine rings is 1. The van der Waals surface area contributed by atoms with E-state index in [4.69, 9.17) is 4.74 Å². The van der Waals surface area contributed by atoms with Crippen LogP contribution in [0.15, 0.2) is 64.2 Å². The van der Waals surface area contributed by atoms with Crippen LogP contribution in [0.4, 0.5) is 10.1 Å². The molecule has 10 heteroatoms. The van der Waals surface area contributed by atoms with Gasteiger partial charge in [0, 0.05) is 11.4 Å². The number of amides is 1. The number of benzene rings is 2. The summed E-state index contributed by atoms with van der Waals surface area (Å²) in [7, 11) is 1.17. The number of para-hydroxylation sites is 1. The van der Waals surface area contributed by atoms with Gasteiger partial charge in [0.05, 0.1) is 23.7 Å². The number of ether oxygens (including phenoxy) is 1. The van der Waals surface area contributed by atoms with Gasteiger partial charge in [0.15, 0.2) is 5.65 Å². The first-order chi connectivity index (χ1) is 16.7. The molecule has 1 N–H and O–H groups in total. The molecule has 2 heterocycles. The largest absolute Gasteiger partial charge is 0.465 e. The number of fused-ring (bicyclic) bond motifs is 1. The van der Waals surface area contributed by atoms with Gasteiger partial charge in [-0.05, 0) is 49.7 Å². The van der Waals surface area contributed by atoms with Gasteiger partial charge in [-0.3, -0.25) is 9.59 Å². The summed E-state index contributed by atoms with van der Waals surface area (Å²) in [5.74, 6) is -2.03. The highest BCUT2D eigenvalue weighted by Gasteiger charge is 2.23. The van der Waals surface area contributed by atoms with Crippen LogP contribution >= 0.6 is 0 Å². The summed E-state index contributed by atoms with van der Waals surface area (Å²) in [5, 5.41) is 2.32. The molecule has 2 aromatic heterocycles. The minimum absolute atomic E-state index is 0.0381. The number of anilines is 1. The van der Waals surface area contributed by atoms with Crippen LogP contribution in [0.25, 0.3) is 16.7 Å². The highest BCUT2D eigenvalue weighted by molar-refractivity contribution is 6.02. The average molecular weight is 476 g/mol. The molecule has 0 saturated carbocycles. The second kappa shape index (κ2) is 9.34. The lowest BCUT2D eigenvalue weighted by atomic mass is 10.1. The third-order valence-electron chi connectivity index (χ3n) is 5.40. The van der Waals surface area contributed by atoms with Crippen molar-refractivity contribution in [1.29, 1.82) is 0 Å². The molecule has 9 nitrogen and oxygen atoms in total. The van der Waals surface area contributed by atoms with Crippen LogP contribution in [0, 0.1) is 19.7 Å². The summed E-state index contributed by atoms with van der Waals surface area (Å²) >= 11 is 0. The smallest absolute Gasteiger partial charge is 0.338 e. The molecule has 2 aromatic carbocycles. The molecule has 0 saturated heterocycles. The summed E-state index contributed by atoms with van der Waals surface area (Å²) in [6, 6.07) is 13.9. The number of methoxy groups -OCH3 is 1. The van der Waals surface area contributed by atoms with E-state index in [0.717, 1.165) is 10.6 Å².